The first-order valence-corrected chi connectivity index (χ1v) is 6.80. The fourth-order valence-corrected chi connectivity index (χ4v) is 2.47. The minimum absolute atomic E-state index is 0.0463. The summed E-state index contributed by atoms with van der Waals surface area (Å²) in [4.78, 5) is 6.22. The van der Waals surface area contributed by atoms with E-state index in [-0.39, 0.29) is 24.0 Å². The Hall–Kier alpha value is -1.66. The van der Waals surface area contributed by atoms with Gasteiger partial charge in [0.05, 0.1) is 19.3 Å². The molecule has 2 aromatic rings. The van der Waals surface area contributed by atoms with Crippen LogP contribution < -0.4 is 4.90 Å². The van der Waals surface area contributed by atoms with Crippen molar-refractivity contribution in [3.05, 3.63) is 24.0 Å². The molecule has 1 aliphatic rings. The van der Waals surface area contributed by atoms with Gasteiger partial charge in [-0.15, -0.1) is 0 Å². The Balaban J connectivity index is 1.69. The zero-order valence-corrected chi connectivity index (χ0v) is 11.1. The maximum absolute atomic E-state index is 13.6. The van der Waals surface area contributed by atoms with E-state index in [9.17, 15) is 4.39 Å². The summed E-state index contributed by atoms with van der Waals surface area (Å²) in [5, 5.41) is 8.74. The molecule has 0 spiro atoms. The Morgan fingerprint density at radius 3 is 2.90 bits per heavy atom. The molecule has 5 nitrogen and oxygen atoms in total. The molecule has 0 unspecified atom stereocenters. The number of piperidine rings is 1. The van der Waals surface area contributed by atoms with E-state index in [1.165, 1.54) is 6.07 Å². The van der Waals surface area contributed by atoms with Crippen molar-refractivity contribution in [2.24, 2.45) is 0 Å². The van der Waals surface area contributed by atoms with Gasteiger partial charge in [0.15, 0.2) is 11.4 Å². The van der Waals surface area contributed by atoms with E-state index in [4.69, 9.17) is 14.3 Å². The molecular formula is C14H17FN2O3. The fourth-order valence-electron chi connectivity index (χ4n) is 2.47. The van der Waals surface area contributed by atoms with Crippen LogP contribution in [0.1, 0.15) is 12.8 Å². The molecule has 0 saturated carbocycles. The van der Waals surface area contributed by atoms with Crippen molar-refractivity contribution < 1.29 is 18.7 Å². The first-order chi connectivity index (χ1) is 9.78. The highest BCUT2D eigenvalue weighted by Gasteiger charge is 2.23. The van der Waals surface area contributed by atoms with Crippen LogP contribution in [0.3, 0.4) is 0 Å². The average molecular weight is 280 g/mol. The van der Waals surface area contributed by atoms with Crippen LogP contribution in [0.25, 0.3) is 11.1 Å². The molecule has 1 aromatic carbocycles. The number of oxazole rings is 1. The SMILES string of the molecule is OCCOC1CCN(c2nc3c(F)cccc3o2)CC1. The molecule has 1 fully saturated rings. The van der Waals surface area contributed by atoms with Crippen molar-refractivity contribution >= 4 is 17.1 Å². The lowest BCUT2D eigenvalue weighted by Crippen LogP contribution is -2.37. The third-order valence-electron chi connectivity index (χ3n) is 3.52. The highest BCUT2D eigenvalue weighted by Crippen LogP contribution is 2.26. The van der Waals surface area contributed by atoms with E-state index >= 15 is 0 Å². The summed E-state index contributed by atoms with van der Waals surface area (Å²) in [6.07, 6.45) is 1.86. The maximum atomic E-state index is 13.6. The van der Waals surface area contributed by atoms with Gasteiger partial charge >= 0.3 is 0 Å². The zero-order chi connectivity index (χ0) is 13.9. The van der Waals surface area contributed by atoms with Gasteiger partial charge in [-0.05, 0) is 25.0 Å². The number of hydrogen-bond acceptors (Lipinski definition) is 5. The Bertz CT molecular complexity index is 579. The lowest BCUT2D eigenvalue weighted by molar-refractivity contribution is 0.0155. The quantitative estimate of drug-likeness (QED) is 0.927. The lowest BCUT2D eigenvalue weighted by Gasteiger charge is -2.30. The molecule has 1 aromatic heterocycles. The molecule has 0 radical (unpaired) electrons. The van der Waals surface area contributed by atoms with Gasteiger partial charge in [0.1, 0.15) is 5.52 Å². The largest absolute Gasteiger partial charge is 0.423 e. The van der Waals surface area contributed by atoms with Crippen LogP contribution in [-0.2, 0) is 4.74 Å². The summed E-state index contributed by atoms with van der Waals surface area (Å²) >= 11 is 0. The Morgan fingerprint density at radius 1 is 1.40 bits per heavy atom. The number of fused-ring (bicyclic) bond motifs is 1. The van der Waals surface area contributed by atoms with Crippen LogP contribution in [0, 0.1) is 5.82 Å². The van der Waals surface area contributed by atoms with Crippen LogP contribution in [0.2, 0.25) is 0 Å². The number of anilines is 1. The first-order valence-electron chi connectivity index (χ1n) is 6.80. The number of halogens is 1. The predicted octanol–water partition coefficient (Wildman–Crippen LogP) is 1.94. The average Bonchev–Trinajstić information content (AvgIpc) is 2.91. The lowest BCUT2D eigenvalue weighted by atomic mass is 10.1. The minimum atomic E-state index is -0.362. The van der Waals surface area contributed by atoms with E-state index in [1.807, 2.05) is 4.90 Å². The second kappa shape index (κ2) is 5.76. The van der Waals surface area contributed by atoms with Gasteiger partial charge in [-0.25, -0.2) is 4.39 Å². The second-order valence-corrected chi connectivity index (χ2v) is 4.86. The van der Waals surface area contributed by atoms with Crippen molar-refractivity contribution in [1.82, 2.24) is 4.98 Å². The number of aliphatic hydroxyl groups excluding tert-OH is 1. The van der Waals surface area contributed by atoms with Crippen molar-refractivity contribution in [1.29, 1.82) is 0 Å². The highest BCUT2D eigenvalue weighted by atomic mass is 19.1. The van der Waals surface area contributed by atoms with Crippen LogP contribution in [0.5, 0.6) is 0 Å². The van der Waals surface area contributed by atoms with E-state index in [2.05, 4.69) is 4.98 Å². The number of aromatic nitrogens is 1. The topological polar surface area (TPSA) is 58.7 Å². The summed E-state index contributed by atoms with van der Waals surface area (Å²) in [5.41, 5.74) is 0.750. The third kappa shape index (κ3) is 2.62. The highest BCUT2D eigenvalue weighted by molar-refractivity contribution is 5.75. The van der Waals surface area contributed by atoms with E-state index in [1.54, 1.807) is 12.1 Å². The van der Waals surface area contributed by atoms with E-state index < -0.39 is 0 Å². The van der Waals surface area contributed by atoms with Gasteiger partial charge in [-0.1, -0.05) is 6.07 Å². The van der Waals surface area contributed by atoms with Gasteiger partial charge in [-0.2, -0.15) is 4.98 Å². The van der Waals surface area contributed by atoms with Gasteiger partial charge in [-0.3, -0.25) is 0 Å². The molecule has 0 bridgehead atoms. The Kier molecular flexibility index (Phi) is 3.84. The van der Waals surface area contributed by atoms with E-state index in [0.717, 1.165) is 25.9 Å². The normalized spacial score (nSPS) is 17.0. The molecule has 1 aliphatic heterocycles. The minimum Gasteiger partial charge on any atom is -0.423 e. The molecule has 0 atom stereocenters. The summed E-state index contributed by atoms with van der Waals surface area (Å²) in [7, 11) is 0. The summed E-state index contributed by atoms with van der Waals surface area (Å²) in [5.74, 6) is -0.362. The molecule has 6 heteroatoms. The molecule has 0 amide bonds. The van der Waals surface area contributed by atoms with Crippen LogP contribution in [0.4, 0.5) is 10.4 Å². The monoisotopic (exact) mass is 280 g/mol. The zero-order valence-electron chi connectivity index (χ0n) is 11.1. The molecule has 1 N–H and O–H groups in total. The van der Waals surface area contributed by atoms with Crippen molar-refractivity contribution in [3.8, 4) is 0 Å². The second-order valence-electron chi connectivity index (χ2n) is 4.86. The molecule has 108 valence electrons. The van der Waals surface area contributed by atoms with E-state index in [0.29, 0.717) is 18.2 Å². The summed E-state index contributed by atoms with van der Waals surface area (Å²) in [6, 6.07) is 5.17. The number of benzene rings is 1. The van der Waals surface area contributed by atoms with Gasteiger partial charge in [0.25, 0.3) is 6.01 Å². The van der Waals surface area contributed by atoms with Gasteiger partial charge in [0.2, 0.25) is 0 Å². The van der Waals surface area contributed by atoms with Crippen LogP contribution in [0.15, 0.2) is 22.6 Å². The van der Waals surface area contributed by atoms with Crippen molar-refractivity contribution in [2.75, 3.05) is 31.2 Å². The number of hydrogen-bond donors (Lipinski definition) is 1. The summed E-state index contributed by atoms with van der Waals surface area (Å²) in [6.45, 7) is 1.93. The Labute approximate surface area is 116 Å². The van der Waals surface area contributed by atoms with Gasteiger partial charge in [0, 0.05) is 13.1 Å². The number of para-hydroxylation sites is 1. The van der Waals surface area contributed by atoms with Crippen molar-refractivity contribution in [3.63, 3.8) is 0 Å². The molecule has 1 saturated heterocycles. The number of rotatable bonds is 4. The molecule has 3 rings (SSSR count). The maximum Gasteiger partial charge on any atom is 0.298 e. The van der Waals surface area contributed by atoms with Gasteiger partial charge < -0.3 is 19.2 Å². The van der Waals surface area contributed by atoms with Crippen LogP contribution in [-0.4, -0.2) is 42.5 Å². The number of nitrogens with zero attached hydrogens (tertiary/aromatic N) is 2. The number of aliphatic hydroxyl groups is 1. The fraction of sp³-hybridized carbons (Fsp3) is 0.500. The Morgan fingerprint density at radius 2 is 2.20 bits per heavy atom. The molecular weight excluding hydrogens is 263 g/mol. The van der Waals surface area contributed by atoms with Crippen LogP contribution >= 0.6 is 0 Å². The molecule has 0 aliphatic carbocycles. The smallest absolute Gasteiger partial charge is 0.298 e. The first kappa shape index (κ1) is 13.3. The summed E-state index contributed by atoms with van der Waals surface area (Å²) < 4.78 is 24.7. The molecule has 20 heavy (non-hydrogen) atoms. The third-order valence-corrected chi connectivity index (χ3v) is 3.52. The number of ether oxygens (including phenoxy) is 1. The molecule has 2 heterocycles. The predicted molar refractivity (Wildman–Crippen MR) is 72.2 cm³/mol. The van der Waals surface area contributed by atoms with Crippen molar-refractivity contribution in [2.45, 2.75) is 18.9 Å². The standard InChI is InChI=1S/C14H17FN2O3/c15-11-2-1-3-12-13(11)16-14(20-12)17-6-4-10(5-7-17)19-9-8-18/h1-3,10,18H,4-9H2.